The quantitative estimate of drug-likeness (QED) is 0.397. The van der Waals surface area contributed by atoms with Gasteiger partial charge in [-0.15, -0.1) is 0 Å². The average Bonchev–Trinajstić information content (AvgIpc) is 2.35. The number of nitrogens with one attached hydrogen (secondary N) is 2. The molecule has 0 aliphatic heterocycles. The summed E-state index contributed by atoms with van der Waals surface area (Å²) in [6, 6.07) is 0. The van der Waals surface area contributed by atoms with Crippen molar-refractivity contribution in [3.63, 3.8) is 0 Å². The normalized spacial score (nSPS) is 6.44. The fraction of sp³-hybridized carbons (Fsp3) is 0.600. The van der Waals surface area contributed by atoms with Crippen molar-refractivity contribution < 1.29 is 19.2 Å². The highest BCUT2D eigenvalue weighted by Crippen LogP contribution is 1.99. The van der Waals surface area contributed by atoms with E-state index in [1.54, 1.807) is 0 Å². The molecule has 98 valence electrons. The molecule has 0 bridgehead atoms. The first-order chi connectivity index (χ1) is 8.74. The summed E-state index contributed by atoms with van der Waals surface area (Å²) in [5, 5.41) is 10.8. The predicted octanol–water partition coefficient (Wildman–Crippen LogP) is 1.02. The number of unbranched alkanes of at least 4 members (excludes halogenated alkanes) is 3. The number of nitrogens with zero attached hydrogens (tertiary/aromatic N) is 2. The second-order valence-corrected chi connectivity index (χ2v) is 2.56. The molecule has 0 saturated heterocycles. The molecule has 0 fully saturated rings. The molecule has 0 atom stereocenters. The summed E-state index contributed by atoms with van der Waals surface area (Å²) in [5.74, 6) is 0. The first-order valence-electron chi connectivity index (χ1n) is 4.90. The number of hydrogen-bond donors (Lipinski definition) is 2. The molecule has 8 heteroatoms. The summed E-state index contributed by atoms with van der Waals surface area (Å²) in [7, 11) is 0. The molecule has 0 saturated carbocycles. The molecule has 0 aromatic rings. The van der Waals surface area contributed by atoms with E-state index in [-0.39, 0.29) is 0 Å². The highest BCUT2D eigenvalue weighted by molar-refractivity contribution is 5.32. The second-order valence-electron chi connectivity index (χ2n) is 2.56. The van der Waals surface area contributed by atoms with Crippen LogP contribution in [0.1, 0.15) is 25.7 Å². The first-order valence-corrected chi connectivity index (χ1v) is 4.90. The van der Waals surface area contributed by atoms with Gasteiger partial charge in [0.05, 0.1) is 13.1 Å². The van der Waals surface area contributed by atoms with Crippen molar-refractivity contribution in [3.05, 3.63) is 0 Å². The lowest BCUT2D eigenvalue weighted by atomic mass is 10.2. The van der Waals surface area contributed by atoms with E-state index in [9.17, 15) is 9.59 Å². The fourth-order valence-corrected chi connectivity index (χ4v) is 0.827. The van der Waals surface area contributed by atoms with Gasteiger partial charge in [0, 0.05) is 0 Å². The van der Waals surface area contributed by atoms with E-state index in [1.165, 1.54) is 12.2 Å². The molecule has 0 heterocycles. The molecule has 0 spiro atoms. The van der Waals surface area contributed by atoms with E-state index in [4.69, 9.17) is 20.4 Å². The molecule has 0 aromatic heterocycles. The van der Waals surface area contributed by atoms with Crippen molar-refractivity contribution in [1.29, 1.82) is 10.8 Å². The lowest BCUT2D eigenvalue weighted by Gasteiger charge is -1.93. The van der Waals surface area contributed by atoms with Crippen LogP contribution in [0.2, 0.25) is 0 Å². The maximum Gasteiger partial charge on any atom is 0.234 e. The van der Waals surface area contributed by atoms with Crippen LogP contribution in [-0.2, 0) is 19.2 Å². The number of carbonyl (C=O) groups excluding carboxylic acids is 4. The second kappa shape index (κ2) is 29.3. The number of rotatable bonds is 7. The van der Waals surface area contributed by atoms with Crippen molar-refractivity contribution in [2.45, 2.75) is 25.7 Å². The Balaban J connectivity index is -0.000000315. The Labute approximate surface area is 104 Å². The molecule has 0 aromatic carbocycles. The van der Waals surface area contributed by atoms with Crippen LogP contribution in [-0.4, -0.2) is 37.4 Å². The summed E-state index contributed by atoms with van der Waals surface area (Å²) >= 11 is 0. The van der Waals surface area contributed by atoms with E-state index < -0.39 is 0 Å². The van der Waals surface area contributed by atoms with Gasteiger partial charge < -0.3 is 0 Å². The van der Waals surface area contributed by atoms with Gasteiger partial charge in [-0.3, -0.25) is 0 Å². The van der Waals surface area contributed by atoms with Crippen LogP contribution in [0.3, 0.4) is 0 Å². The molecule has 0 amide bonds. The third kappa shape index (κ3) is 49.9. The van der Waals surface area contributed by atoms with Crippen molar-refractivity contribution in [3.8, 4) is 0 Å². The van der Waals surface area contributed by atoms with Crippen LogP contribution < -0.4 is 0 Å². The van der Waals surface area contributed by atoms with Crippen molar-refractivity contribution in [2.24, 2.45) is 9.98 Å². The van der Waals surface area contributed by atoms with E-state index in [0.29, 0.717) is 13.1 Å². The Hall–Kier alpha value is -2.48. The van der Waals surface area contributed by atoms with E-state index in [0.717, 1.165) is 37.8 Å². The van der Waals surface area contributed by atoms with Gasteiger partial charge in [-0.1, -0.05) is 12.8 Å². The third-order valence-electron chi connectivity index (χ3n) is 1.42. The molecule has 0 rings (SSSR count). The van der Waals surface area contributed by atoms with Gasteiger partial charge in [0.25, 0.3) is 0 Å². The topological polar surface area (TPSA) is 141 Å². The lowest BCUT2D eigenvalue weighted by molar-refractivity contribution is 0.558. The Morgan fingerprint density at radius 3 is 1.17 bits per heavy atom. The Bertz CT molecular complexity index is 298. The zero-order chi connectivity index (χ0) is 14.5. The average molecular weight is 254 g/mol. The molecular weight excluding hydrogens is 240 g/mol. The lowest BCUT2D eigenvalue weighted by Crippen LogP contribution is -1.84. The molecule has 0 aliphatic carbocycles. The molecule has 0 aliphatic rings. The van der Waals surface area contributed by atoms with E-state index in [2.05, 4.69) is 9.98 Å². The standard InChI is InChI=1S/C8H12N2O2.2CHNO/c11-7-9-5-3-1-2-4-6-10-8-12;2*2-1-3/h1-6H2;2*2H. The van der Waals surface area contributed by atoms with Gasteiger partial charge >= 0.3 is 0 Å². The largest absolute Gasteiger partial charge is 0.234 e. The highest BCUT2D eigenvalue weighted by atomic mass is 16.1. The maximum atomic E-state index is 9.63. The first kappa shape index (κ1) is 20.9. The number of isocyanates is 4. The van der Waals surface area contributed by atoms with Crippen molar-refractivity contribution in [1.82, 2.24) is 0 Å². The van der Waals surface area contributed by atoms with Gasteiger partial charge in [0.2, 0.25) is 24.3 Å². The van der Waals surface area contributed by atoms with E-state index >= 15 is 0 Å². The Morgan fingerprint density at radius 1 is 0.667 bits per heavy atom. The fourth-order valence-electron chi connectivity index (χ4n) is 0.827. The molecular formula is C10H14N4O4. The summed E-state index contributed by atoms with van der Waals surface area (Å²) in [6.07, 6.45) is 8.30. The Morgan fingerprint density at radius 2 is 0.944 bits per heavy atom. The number of hydrogen-bond acceptors (Lipinski definition) is 8. The zero-order valence-electron chi connectivity index (χ0n) is 9.77. The minimum atomic E-state index is 0.556. The smallest absolute Gasteiger partial charge is 0.222 e. The minimum absolute atomic E-state index is 0.556. The molecule has 0 unspecified atom stereocenters. The van der Waals surface area contributed by atoms with Crippen molar-refractivity contribution in [2.75, 3.05) is 13.1 Å². The van der Waals surface area contributed by atoms with E-state index in [1.807, 2.05) is 0 Å². The molecule has 0 radical (unpaired) electrons. The molecule has 2 N–H and O–H groups in total. The monoisotopic (exact) mass is 254 g/mol. The van der Waals surface area contributed by atoms with Gasteiger partial charge in [-0.05, 0) is 12.8 Å². The van der Waals surface area contributed by atoms with Gasteiger partial charge in [0.15, 0.2) is 0 Å². The van der Waals surface area contributed by atoms with Gasteiger partial charge in [-0.25, -0.2) is 40.0 Å². The SMILES string of the molecule is N=C=O.N=C=O.O=C=NCCCCCCN=C=O. The van der Waals surface area contributed by atoms with Crippen LogP contribution in [0.5, 0.6) is 0 Å². The maximum absolute atomic E-state index is 9.63. The third-order valence-corrected chi connectivity index (χ3v) is 1.42. The van der Waals surface area contributed by atoms with Crippen LogP contribution in [0.25, 0.3) is 0 Å². The van der Waals surface area contributed by atoms with Gasteiger partial charge in [0.1, 0.15) is 0 Å². The summed E-state index contributed by atoms with van der Waals surface area (Å²) < 4.78 is 0. The van der Waals surface area contributed by atoms with Crippen LogP contribution in [0.15, 0.2) is 9.98 Å². The summed E-state index contributed by atoms with van der Waals surface area (Å²) in [5.41, 5.74) is 0. The van der Waals surface area contributed by atoms with Gasteiger partial charge in [-0.2, -0.15) is 0 Å². The van der Waals surface area contributed by atoms with Crippen LogP contribution >= 0.6 is 0 Å². The molecule has 18 heavy (non-hydrogen) atoms. The minimum Gasteiger partial charge on any atom is -0.222 e. The highest BCUT2D eigenvalue weighted by Gasteiger charge is 1.87. The summed E-state index contributed by atoms with van der Waals surface area (Å²) in [6.45, 7) is 1.11. The van der Waals surface area contributed by atoms with Crippen LogP contribution in [0.4, 0.5) is 0 Å². The summed E-state index contributed by atoms with van der Waals surface area (Å²) in [4.78, 5) is 42.8. The predicted molar refractivity (Wildman–Crippen MR) is 61.3 cm³/mol. The van der Waals surface area contributed by atoms with Crippen molar-refractivity contribution >= 4 is 24.3 Å². The number of aliphatic imine (C=N–C) groups is 2. The Kier molecular flexibility index (Phi) is 34.0. The zero-order valence-corrected chi connectivity index (χ0v) is 9.77. The molecule has 8 nitrogen and oxygen atoms in total. The van der Waals surface area contributed by atoms with Crippen LogP contribution in [0, 0.1) is 10.8 Å².